The number of benzene rings is 2. The number of thiophene rings is 1. The molecule has 1 amide bonds. The standard InChI is InChI=1S/C24H19N3O4S/c1-12-20-23(26-19-8-5-9-27(19)24(20)29)32-21(12)22(28)25-15-11-17-14(10-18(15)30-2)13-6-3-4-7-16(13)31-17/h3-4,6-7,10-11H,5,8-9H2,1-2H3,(H,25,28). The van der Waals surface area contributed by atoms with Crippen molar-refractivity contribution in [1.82, 2.24) is 9.55 Å². The Kier molecular flexibility index (Phi) is 4.13. The van der Waals surface area contributed by atoms with E-state index in [1.54, 1.807) is 24.7 Å². The fraction of sp³-hybridized carbons (Fsp3) is 0.208. The Morgan fingerprint density at radius 3 is 2.91 bits per heavy atom. The molecule has 1 aliphatic heterocycles. The van der Waals surface area contributed by atoms with Crippen molar-refractivity contribution in [2.45, 2.75) is 26.3 Å². The van der Waals surface area contributed by atoms with Crippen LogP contribution in [0.3, 0.4) is 0 Å². The van der Waals surface area contributed by atoms with Gasteiger partial charge in [-0.05, 0) is 31.0 Å². The highest BCUT2D eigenvalue weighted by molar-refractivity contribution is 7.20. The molecule has 6 rings (SSSR count). The lowest BCUT2D eigenvalue weighted by atomic mass is 10.1. The van der Waals surface area contributed by atoms with E-state index in [1.807, 2.05) is 30.3 Å². The number of nitrogens with one attached hydrogen (secondary N) is 1. The van der Waals surface area contributed by atoms with E-state index in [9.17, 15) is 9.59 Å². The van der Waals surface area contributed by atoms with Crippen LogP contribution < -0.4 is 15.6 Å². The molecule has 0 unspecified atom stereocenters. The predicted molar refractivity (Wildman–Crippen MR) is 125 cm³/mol. The molecule has 7 nitrogen and oxygen atoms in total. The molecule has 0 atom stereocenters. The molecule has 4 heterocycles. The van der Waals surface area contributed by atoms with Crippen molar-refractivity contribution in [1.29, 1.82) is 0 Å². The number of fused-ring (bicyclic) bond motifs is 5. The van der Waals surface area contributed by atoms with Gasteiger partial charge in [0.15, 0.2) is 0 Å². The summed E-state index contributed by atoms with van der Waals surface area (Å²) < 4.78 is 13.2. The summed E-state index contributed by atoms with van der Waals surface area (Å²) in [7, 11) is 1.57. The summed E-state index contributed by atoms with van der Waals surface area (Å²) >= 11 is 1.25. The van der Waals surface area contributed by atoms with Crippen molar-refractivity contribution in [2.24, 2.45) is 0 Å². The third-order valence-electron chi connectivity index (χ3n) is 6.06. The fourth-order valence-corrected chi connectivity index (χ4v) is 5.57. The summed E-state index contributed by atoms with van der Waals surface area (Å²) in [6.07, 6.45) is 1.72. The minimum Gasteiger partial charge on any atom is -0.495 e. The number of aryl methyl sites for hydroxylation is 2. The van der Waals surface area contributed by atoms with Crippen LogP contribution in [0.25, 0.3) is 32.2 Å². The first-order chi connectivity index (χ1) is 15.5. The zero-order valence-electron chi connectivity index (χ0n) is 17.5. The zero-order chi connectivity index (χ0) is 22.0. The second kappa shape index (κ2) is 6.93. The normalized spacial score (nSPS) is 13.2. The topological polar surface area (TPSA) is 86.4 Å². The summed E-state index contributed by atoms with van der Waals surface area (Å²) in [5, 5.41) is 5.38. The van der Waals surface area contributed by atoms with Crippen LogP contribution in [0.4, 0.5) is 5.69 Å². The summed E-state index contributed by atoms with van der Waals surface area (Å²) in [5.74, 6) is 1.03. The maximum Gasteiger partial charge on any atom is 0.266 e. The van der Waals surface area contributed by atoms with Crippen molar-refractivity contribution >= 4 is 55.1 Å². The van der Waals surface area contributed by atoms with Gasteiger partial charge in [0.25, 0.3) is 11.5 Å². The fourth-order valence-electron chi connectivity index (χ4n) is 4.49. The van der Waals surface area contributed by atoms with Crippen molar-refractivity contribution < 1.29 is 13.9 Å². The van der Waals surface area contributed by atoms with Gasteiger partial charge in [-0.3, -0.25) is 14.2 Å². The van der Waals surface area contributed by atoms with Crippen LogP contribution in [0.15, 0.2) is 45.6 Å². The van der Waals surface area contributed by atoms with Crippen LogP contribution in [-0.2, 0) is 13.0 Å². The number of carbonyl (C=O) groups excluding carboxylic acids is 1. The van der Waals surface area contributed by atoms with E-state index < -0.39 is 0 Å². The van der Waals surface area contributed by atoms with E-state index in [-0.39, 0.29) is 11.5 Å². The minimum atomic E-state index is -0.302. The Morgan fingerprint density at radius 2 is 2.06 bits per heavy atom. The van der Waals surface area contributed by atoms with Crippen LogP contribution in [-0.4, -0.2) is 22.6 Å². The summed E-state index contributed by atoms with van der Waals surface area (Å²) in [5.41, 5.74) is 2.54. The van der Waals surface area contributed by atoms with Gasteiger partial charge in [0.05, 0.1) is 23.1 Å². The lowest BCUT2D eigenvalue weighted by molar-refractivity contribution is 0.102. The van der Waals surface area contributed by atoms with Gasteiger partial charge >= 0.3 is 0 Å². The van der Waals surface area contributed by atoms with E-state index in [0.717, 1.165) is 35.0 Å². The molecule has 0 radical (unpaired) electrons. The summed E-state index contributed by atoms with van der Waals surface area (Å²) in [6, 6.07) is 11.4. The first-order valence-electron chi connectivity index (χ1n) is 10.4. The molecule has 3 aromatic heterocycles. The molecule has 1 aliphatic rings. The average Bonchev–Trinajstić information content (AvgIpc) is 3.48. The van der Waals surface area contributed by atoms with Gasteiger partial charge in [-0.15, -0.1) is 11.3 Å². The molecule has 1 N–H and O–H groups in total. The third-order valence-corrected chi connectivity index (χ3v) is 7.25. The Bertz CT molecular complexity index is 1630. The number of hydrogen-bond donors (Lipinski definition) is 1. The van der Waals surface area contributed by atoms with Crippen LogP contribution in [0, 0.1) is 6.92 Å². The maximum atomic E-state index is 13.2. The first-order valence-corrected chi connectivity index (χ1v) is 11.2. The number of para-hydroxylation sites is 1. The van der Waals surface area contributed by atoms with Crippen LogP contribution in [0.2, 0.25) is 0 Å². The Morgan fingerprint density at radius 1 is 1.22 bits per heavy atom. The van der Waals surface area contributed by atoms with Crippen molar-refractivity contribution in [3.8, 4) is 5.75 Å². The van der Waals surface area contributed by atoms with Crippen LogP contribution in [0.5, 0.6) is 5.75 Å². The average molecular weight is 446 g/mol. The maximum absolute atomic E-state index is 13.2. The third kappa shape index (κ3) is 2.69. The van der Waals surface area contributed by atoms with Gasteiger partial charge < -0.3 is 14.5 Å². The first kappa shape index (κ1) is 19.1. The van der Waals surface area contributed by atoms with Crippen LogP contribution >= 0.6 is 11.3 Å². The molecular formula is C24H19N3O4S. The molecule has 2 aromatic carbocycles. The number of ether oxygens (including phenoxy) is 1. The van der Waals surface area contributed by atoms with Crippen molar-refractivity contribution in [2.75, 3.05) is 12.4 Å². The Balaban J connectivity index is 1.43. The van der Waals surface area contributed by atoms with Gasteiger partial charge in [0.2, 0.25) is 0 Å². The highest BCUT2D eigenvalue weighted by Gasteiger charge is 2.24. The molecule has 0 saturated carbocycles. The van der Waals surface area contributed by atoms with E-state index >= 15 is 0 Å². The highest BCUT2D eigenvalue weighted by Crippen LogP contribution is 2.37. The number of hydrogen-bond acceptors (Lipinski definition) is 6. The minimum absolute atomic E-state index is 0.0587. The van der Waals surface area contributed by atoms with Gasteiger partial charge in [0, 0.05) is 29.8 Å². The van der Waals surface area contributed by atoms with Gasteiger partial charge in [-0.2, -0.15) is 0 Å². The SMILES string of the molecule is COc1cc2c(cc1NC(=O)c1sc3nc4n(c(=O)c3c1C)CCC4)oc1ccccc12. The number of anilines is 1. The van der Waals surface area contributed by atoms with E-state index in [1.165, 1.54) is 11.3 Å². The van der Waals surface area contributed by atoms with E-state index in [0.29, 0.717) is 44.2 Å². The van der Waals surface area contributed by atoms with Crippen molar-refractivity contribution in [3.05, 3.63) is 63.0 Å². The molecule has 5 aromatic rings. The molecule has 0 saturated heterocycles. The quantitative estimate of drug-likeness (QED) is 0.428. The lowest BCUT2D eigenvalue weighted by Gasteiger charge is -2.10. The molecule has 0 bridgehead atoms. The number of rotatable bonds is 3. The Labute approximate surface area is 186 Å². The number of furan rings is 1. The van der Waals surface area contributed by atoms with Gasteiger partial charge in [-0.25, -0.2) is 4.98 Å². The number of aromatic nitrogens is 2. The molecule has 0 aliphatic carbocycles. The number of amides is 1. The molecule has 160 valence electrons. The smallest absolute Gasteiger partial charge is 0.266 e. The number of nitrogens with zero attached hydrogens (tertiary/aromatic N) is 2. The molecule has 8 heteroatoms. The van der Waals surface area contributed by atoms with E-state index in [2.05, 4.69) is 10.3 Å². The summed E-state index contributed by atoms with van der Waals surface area (Å²) in [4.78, 5) is 31.9. The zero-order valence-corrected chi connectivity index (χ0v) is 18.3. The molecule has 0 spiro atoms. The number of carbonyl (C=O) groups is 1. The Hall–Kier alpha value is -3.65. The van der Waals surface area contributed by atoms with Crippen molar-refractivity contribution in [3.63, 3.8) is 0 Å². The predicted octanol–water partition coefficient (Wildman–Crippen LogP) is 4.87. The molecule has 32 heavy (non-hydrogen) atoms. The molecular weight excluding hydrogens is 426 g/mol. The van der Waals surface area contributed by atoms with Gasteiger partial charge in [-0.1, -0.05) is 18.2 Å². The lowest BCUT2D eigenvalue weighted by Crippen LogP contribution is -2.20. The largest absolute Gasteiger partial charge is 0.495 e. The second-order valence-electron chi connectivity index (χ2n) is 7.93. The molecule has 0 fully saturated rings. The number of methoxy groups -OCH3 is 1. The monoisotopic (exact) mass is 445 g/mol. The summed E-state index contributed by atoms with van der Waals surface area (Å²) in [6.45, 7) is 2.49. The van der Waals surface area contributed by atoms with Crippen LogP contribution in [0.1, 0.15) is 27.5 Å². The highest BCUT2D eigenvalue weighted by atomic mass is 32.1. The van der Waals surface area contributed by atoms with Gasteiger partial charge in [0.1, 0.15) is 27.6 Å². The van der Waals surface area contributed by atoms with E-state index in [4.69, 9.17) is 9.15 Å². The second-order valence-corrected chi connectivity index (χ2v) is 8.92.